The van der Waals surface area contributed by atoms with Crippen LogP contribution in [-0.2, 0) is 4.79 Å². The fraction of sp³-hybridized carbons (Fsp3) is 0.800. The minimum absolute atomic E-state index is 0.0450. The number of hydrogen-bond donors (Lipinski definition) is 0. The number of carbonyl (C=O) groups excluding carboxylic acids is 1. The van der Waals surface area contributed by atoms with Gasteiger partial charge < -0.3 is 0 Å². The summed E-state index contributed by atoms with van der Waals surface area (Å²) in [6.45, 7) is 2.61. The molecule has 0 saturated heterocycles. The first-order valence-corrected chi connectivity index (χ1v) is 4.94. The second-order valence-corrected chi connectivity index (χ2v) is 4.14. The summed E-state index contributed by atoms with van der Waals surface area (Å²) in [4.78, 5) is 15.6. The summed E-state index contributed by atoms with van der Waals surface area (Å²) in [6.07, 6.45) is 0.916. The van der Waals surface area contributed by atoms with Crippen molar-refractivity contribution in [3.8, 4) is 0 Å². The second-order valence-electron chi connectivity index (χ2n) is 4.14. The zero-order valence-corrected chi connectivity index (χ0v) is 9.74. The minimum atomic E-state index is 0.0450. The lowest BCUT2D eigenvalue weighted by atomic mass is 10.1. The first-order chi connectivity index (χ1) is 6.45. The van der Waals surface area contributed by atoms with Gasteiger partial charge in [0.2, 0.25) is 0 Å². The SMILES string of the molecule is CC(=O)C1CCN(C)C(N(C)C)=[N+]1C. The Morgan fingerprint density at radius 1 is 1.57 bits per heavy atom. The van der Waals surface area contributed by atoms with Crippen LogP contribution in [0.5, 0.6) is 0 Å². The Hall–Kier alpha value is -1.06. The van der Waals surface area contributed by atoms with Gasteiger partial charge in [-0.1, -0.05) is 0 Å². The van der Waals surface area contributed by atoms with Crippen LogP contribution in [0.4, 0.5) is 0 Å². The Labute approximate surface area is 85.8 Å². The largest absolute Gasteiger partial charge is 0.350 e. The second kappa shape index (κ2) is 3.98. The van der Waals surface area contributed by atoms with Crippen LogP contribution in [0.25, 0.3) is 0 Å². The maximum Gasteiger partial charge on any atom is 0.350 e. The standard InChI is InChI=1S/C10H20N3O/c1-8(14)9-6-7-12(4)10(11(2)3)13(9)5/h9H,6-7H2,1-5H3/q+1. The highest BCUT2D eigenvalue weighted by Crippen LogP contribution is 2.09. The minimum Gasteiger partial charge on any atom is -0.296 e. The molecule has 0 N–H and O–H groups in total. The first-order valence-electron chi connectivity index (χ1n) is 4.94. The summed E-state index contributed by atoms with van der Waals surface area (Å²) in [5.41, 5.74) is 0. The van der Waals surface area contributed by atoms with Crippen LogP contribution in [0.2, 0.25) is 0 Å². The Bertz CT molecular complexity index is 271. The summed E-state index contributed by atoms with van der Waals surface area (Å²) in [5.74, 6) is 1.36. The van der Waals surface area contributed by atoms with Crippen molar-refractivity contribution in [1.82, 2.24) is 9.80 Å². The third kappa shape index (κ3) is 1.89. The molecule has 1 aliphatic rings. The lowest BCUT2D eigenvalue weighted by Gasteiger charge is -2.30. The van der Waals surface area contributed by atoms with Gasteiger partial charge in [-0.25, -0.2) is 0 Å². The van der Waals surface area contributed by atoms with Gasteiger partial charge in [-0.2, -0.15) is 0 Å². The molecule has 0 radical (unpaired) electrons. The van der Waals surface area contributed by atoms with Crippen LogP contribution in [0, 0.1) is 0 Å². The van der Waals surface area contributed by atoms with Crippen LogP contribution in [0.1, 0.15) is 13.3 Å². The molecular formula is C10H20N3O+. The average molecular weight is 198 g/mol. The van der Waals surface area contributed by atoms with Crippen molar-refractivity contribution < 1.29 is 9.37 Å². The molecule has 1 unspecified atom stereocenters. The van der Waals surface area contributed by atoms with Crippen LogP contribution >= 0.6 is 0 Å². The molecule has 0 aromatic heterocycles. The highest BCUT2D eigenvalue weighted by molar-refractivity contribution is 5.83. The summed E-state index contributed by atoms with van der Waals surface area (Å²) < 4.78 is 2.06. The van der Waals surface area contributed by atoms with E-state index in [9.17, 15) is 4.79 Å². The zero-order chi connectivity index (χ0) is 10.9. The fourth-order valence-corrected chi connectivity index (χ4v) is 2.15. The van der Waals surface area contributed by atoms with E-state index in [0.717, 1.165) is 18.9 Å². The summed E-state index contributed by atoms with van der Waals surface area (Å²) in [6, 6.07) is 0.0450. The van der Waals surface area contributed by atoms with Gasteiger partial charge in [0.1, 0.15) is 6.04 Å². The van der Waals surface area contributed by atoms with Gasteiger partial charge in [0.15, 0.2) is 5.78 Å². The molecule has 80 valence electrons. The molecule has 0 bridgehead atoms. The van der Waals surface area contributed by atoms with Crippen molar-refractivity contribution in [3.05, 3.63) is 0 Å². The molecule has 0 fully saturated rings. The van der Waals surface area contributed by atoms with Gasteiger partial charge in [-0.3, -0.25) is 19.2 Å². The Balaban J connectivity index is 3.04. The van der Waals surface area contributed by atoms with Gasteiger partial charge >= 0.3 is 5.96 Å². The maximum absolute atomic E-state index is 11.4. The van der Waals surface area contributed by atoms with E-state index in [-0.39, 0.29) is 11.8 Å². The van der Waals surface area contributed by atoms with Crippen molar-refractivity contribution in [1.29, 1.82) is 0 Å². The molecule has 14 heavy (non-hydrogen) atoms. The number of carbonyl (C=O) groups is 1. The molecule has 0 aliphatic carbocycles. The first kappa shape index (κ1) is 11.0. The highest BCUT2D eigenvalue weighted by atomic mass is 16.1. The predicted octanol–water partition coefficient (Wildman–Crippen LogP) is -0.161. The molecule has 1 atom stereocenters. The molecule has 4 heteroatoms. The normalized spacial score (nSPS) is 22.6. The Morgan fingerprint density at radius 3 is 2.57 bits per heavy atom. The quantitative estimate of drug-likeness (QED) is 0.548. The molecule has 0 aromatic carbocycles. The number of Topliss-reactive ketones (excluding diaryl/α,β-unsaturated/α-hetero) is 1. The van der Waals surface area contributed by atoms with Crippen LogP contribution in [-0.4, -0.2) is 66.9 Å². The van der Waals surface area contributed by atoms with E-state index in [0.29, 0.717) is 0 Å². The summed E-state index contributed by atoms with van der Waals surface area (Å²) >= 11 is 0. The van der Waals surface area contributed by atoms with Gasteiger partial charge in [0, 0.05) is 6.42 Å². The van der Waals surface area contributed by atoms with Gasteiger partial charge in [-0.15, -0.1) is 0 Å². The molecule has 0 saturated carbocycles. The van der Waals surface area contributed by atoms with Crippen LogP contribution < -0.4 is 0 Å². The molecule has 0 aromatic rings. The maximum atomic E-state index is 11.4. The van der Waals surface area contributed by atoms with Crippen LogP contribution in [0.3, 0.4) is 0 Å². The lowest BCUT2D eigenvalue weighted by Crippen LogP contribution is -2.53. The van der Waals surface area contributed by atoms with Gasteiger partial charge in [-0.05, 0) is 6.92 Å². The molecule has 0 amide bonds. The van der Waals surface area contributed by atoms with E-state index in [4.69, 9.17) is 0 Å². The zero-order valence-electron chi connectivity index (χ0n) is 9.74. The van der Waals surface area contributed by atoms with E-state index in [2.05, 4.69) is 21.4 Å². The molecular weight excluding hydrogens is 178 g/mol. The number of nitrogens with zero attached hydrogens (tertiary/aromatic N) is 3. The molecule has 1 aliphatic heterocycles. The topological polar surface area (TPSA) is 26.6 Å². The summed E-state index contributed by atoms with van der Waals surface area (Å²) in [5, 5.41) is 0. The number of guanidine groups is 1. The van der Waals surface area contributed by atoms with Crippen molar-refractivity contribution in [2.75, 3.05) is 34.7 Å². The molecule has 0 spiro atoms. The van der Waals surface area contributed by atoms with E-state index in [1.807, 2.05) is 21.1 Å². The van der Waals surface area contributed by atoms with Crippen molar-refractivity contribution in [3.63, 3.8) is 0 Å². The van der Waals surface area contributed by atoms with E-state index in [1.54, 1.807) is 6.92 Å². The highest BCUT2D eigenvalue weighted by Gasteiger charge is 2.32. The molecule has 1 heterocycles. The number of likely N-dealkylation sites (N-methyl/N-ethyl adjacent to an activating group) is 1. The van der Waals surface area contributed by atoms with E-state index >= 15 is 0 Å². The van der Waals surface area contributed by atoms with Crippen LogP contribution in [0.15, 0.2) is 0 Å². The van der Waals surface area contributed by atoms with Crippen molar-refractivity contribution >= 4 is 11.7 Å². The van der Waals surface area contributed by atoms with E-state index in [1.165, 1.54) is 0 Å². The van der Waals surface area contributed by atoms with Crippen molar-refractivity contribution in [2.45, 2.75) is 19.4 Å². The van der Waals surface area contributed by atoms with Crippen molar-refractivity contribution in [2.24, 2.45) is 0 Å². The van der Waals surface area contributed by atoms with E-state index < -0.39 is 0 Å². The average Bonchev–Trinajstić information content (AvgIpc) is 2.02. The van der Waals surface area contributed by atoms with Gasteiger partial charge in [0.25, 0.3) is 0 Å². The number of hydrogen-bond acceptors (Lipinski definition) is 3. The van der Waals surface area contributed by atoms with Gasteiger partial charge in [0.05, 0.1) is 34.7 Å². The fourth-order valence-electron chi connectivity index (χ4n) is 2.15. The molecule has 4 nitrogen and oxygen atoms in total. The third-order valence-corrected chi connectivity index (χ3v) is 2.73. The lowest BCUT2D eigenvalue weighted by molar-refractivity contribution is -0.539. The Morgan fingerprint density at radius 2 is 2.14 bits per heavy atom. The number of ketones is 1. The monoisotopic (exact) mass is 198 g/mol. The molecule has 1 rings (SSSR count). The smallest absolute Gasteiger partial charge is 0.296 e. The third-order valence-electron chi connectivity index (χ3n) is 2.73. The number of rotatable bonds is 1. The Kier molecular flexibility index (Phi) is 3.13. The predicted molar refractivity (Wildman–Crippen MR) is 56.6 cm³/mol. The summed E-state index contributed by atoms with van der Waals surface area (Å²) in [7, 11) is 8.05.